The SMILES string of the molecule is CCC(SCC(O)CO)C1CCC(CO)C1. The molecule has 96 valence electrons. The lowest BCUT2D eigenvalue weighted by Crippen LogP contribution is -2.21. The smallest absolute Gasteiger partial charge is 0.0861 e. The molecule has 0 radical (unpaired) electrons. The van der Waals surface area contributed by atoms with Crippen molar-refractivity contribution in [1.82, 2.24) is 0 Å². The maximum absolute atomic E-state index is 9.33. The second kappa shape index (κ2) is 7.54. The van der Waals surface area contributed by atoms with Crippen LogP contribution in [0.2, 0.25) is 0 Å². The van der Waals surface area contributed by atoms with Gasteiger partial charge in [0.15, 0.2) is 0 Å². The molecule has 1 rings (SSSR count). The number of hydrogen-bond acceptors (Lipinski definition) is 4. The first-order valence-corrected chi connectivity index (χ1v) is 7.27. The third kappa shape index (κ3) is 4.24. The van der Waals surface area contributed by atoms with Crippen molar-refractivity contribution in [2.75, 3.05) is 19.0 Å². The standard InChI is InChI=1S/C12H24O3S/c1-2-12(16-8-11(15)7-14)10-4-3-9(5-10)6-13/h9-15H,2-8H2,1H3. The van der Waals surface area contributed by atoms with Gasteiger partial charge >= 0.3 is 0 Å². The Labute approximate surface area is 102 Å². The molecule has 0 aliphatic heterocycles. The van der Waals surface area contributed by atoms with Crippen LogP contribution in [0.3, 0.4) is 0 Å². The van der Waals surface area contributed by atoms with Crippen molar-refractivity contribution in [3.05, 3.63) is 0 Å². The molecule has 0 spiro atoms. The minimum atomic E-state index is -0.589. The van der Waals surface area contributed by atoms with Crippen LogP contribution in [0.15, 0.2) is 0 Å². The van der Waals surface area contributed by atoms with Gasteiger partial charge in [-0.05, 0) is 37.5 Å². The Hall–Kier alpha value is 0.230. The van der Waals surface area contributed by atoms with Crippen LogP contribution in [0.5, 0.6) is 0 Å². The Morgan fingerprint density at radius 2 is 2.06 bits per heavy atom. The molecule has 0 aromatic heterocycles. The fraction of sp³-hybridized carbons (Fsp3) is 1.00. The first-order chi connectivity index (χ1) is 7.71. The van der Waals surface area contributed by atoms with Crippen molar-refractivity contribution in [3.8, 4) is 0 Å². The molecule has 0 saturated heterocycles. The second-order valence-electron chi connectivity index (χ2n) is 4.74. The van der Waals surface area contributed by atoms with E-state index < -0.39 is 6.10 Å². The van der Waals surface area contributed by atoms with E-state index in [2.05, 4.69) is 6.92 Å². The van der Waals surface area contributed by atoms with E-state index in [0.29, 0.717) is 29.4 Å². The van der Waals surface area contributed by atoms with Crippen molar-refractivity contribution in [2.24, 2.45) is 11.8 Å². The molecular formula is C12H24O3S. The fourth-order valence-corrected chi connectivity index (χ4v) is 3.82. The molecule has 4 unspecified atom stereocenters. The zero-order chi connectivity index (χ0) is 12.0. The summed E-state index contributed by atoms with van der Waals surface area (Å²) in [7, 11) is 0. The third-order valence-corrected chi connectivity index (χ3v) is 5.21. The highest BCUT2D eigenvalue weighted by Gasteiger charge is 2.30. The van der Waals surface area contributed by atoms with Crippen LogP contribution >= 0.6 is 11.8 Å². The van der Waals surface area contributed by atoms with Crippen LogP contribution in [0.1, 0.15) is 32.6 Å². The number of hydrogen-bond donors (Lipinski definition) is 3. The maximum atomic E-state index is 9.33. The van der Waals surface area contributed by atoms with Gasteiger partial charge in [-0.1, -0.05) is 6.92 Å². The van der Waals surface area contributed by atoms with Crippen LogP contribution in [0.25, 0.3) is 0 Å². The highest BCUT2D eigenvalue weighted by molar-refractivity contribution is 7.99. The van der Waals surface area contributed by atoms with E-state index in [1.165, 1.54) is 6.42 Å². The van der Waals surface area contributed by atoms with E-state index in [4.69, 9.17) is 10.2 Å². The Kier molecular flexibility index (Phi) is 6.73. The molecule has 3 nitrogen and oxygen atoms in total. The largest absolute Gasteiger partial charge is 0.396 e. The van der Waals surface area contributed by atoms with Gasteiger partial charge in [0, 0.05) is 17.6 Å². The minimum absolute atomic E-state index is 0.145. The minimum Gasteiger partial charge on any atom is -0.396 e. The van der Waals surface area contributed by atoms with E-state index in [-0.39, 0.29) is 6.61 Å². The zero-order valence-electron chi connectivity index (χ0n) is 10.0. The summed E-state index contributed by atoms with van der Waals surface area (Å²) in [4.78, 5) is 0. The molecule has 0 amide bonds. The van der Waals surface area contributed by atoms with E-state index in [9.17, 15) is 5.11 Å². The first-order valence-electron chi connectivity index (χ1n) is 6.22. The molecule has 1 aliphatic rings. The van der Waals surface area contributed by atoms with E-state index in [1.807, 2.05) is 0 Å². The van der Waals surface area contributed by atoms with Crippen molar-refractivity contribution in [3.63, 3.8) is 0 Å². The highest BCUT2D eigenvalue weighted by atomic mass is 32.2. The zero-order valence-corrected chi connectivity index (χ0v) is 10.8. The summed E-state index contributed by atoms with van der Waals surface area (Å²) in [5, 5.41) is 27.8. The predicted octanol–water partition coefficient (Wildman–Crippen LogP) is 1.26. The topological polar surface area (TPSA) is 60.7 Å². The van der Waals surface area contributed by atoms with Crippen molar-refractivity contribution in [2.45, 2.75) is 44.0 Å². The van der Waals surface area contributed by atoms with Crippen LogP contribution < -0.4 is 0 Å². The van der Waals surface area contributed by atoms with Crippen molar-refractivity contribution in [1.29, 1.82) is 0 Å². The van der Waals surface area contributed by atoms with Crippen molar-refractivity contribution < 1.29 is 15.3 Å². The Morgan fingerprint density at radius 1 is 1.31 bits per heavy atom. The molecular weight excluding hydrogens is 224 g/mol. The monoisotopic (exact) mass is 248 g/mol. The van der Waals surface area contributed by atoms with Gasteiger partial charge in [-0.2, -0.15) is 11.8 Å². The lowest BCUT2D eigenvalue weighted by atomic mass is 10.00. The van der Waals surface area contributed by atoms with Crippen LogP contribution in [-0.2, 0) is 0 Å². The lowest BCUT2D eigenvalue weighted by molar-refractivity contribution is 0.113. The van der Waals surface area contributed by atoms with Crippen LogP contribution in [0.4, 0.5) is 0 Å². The third-order valence-electron chi connectivity index (χ3n) is 3.48. The normalized spacial score (nSPS) is 29.2. The van der Waals surface area contributed by atoms with E-state index in [0.717, 1.165) is 19.3 Å². The molecule has 0 aromatic rings. The fourth-order valence-electron chi connectivity index (χ4n) is 2.49. The second-order valence-corrected chi connectivity index (χ2v) is 6.01. The van der Waals surface area contributed by atoms with Crippen LogP contribution in [-0.4, -0.2) is 45.6 Å². The Balaban J connectivity index is 2.31. The molecule has 1 aliphatic carbocycles. The summed E-state index contributed by atoms with van der Waals surface area (Å²) in [5.41, 5.74) is 0. The lowest BCUT2D eigenvalue weighted by Gasteiger charge is -2.22. The summed E-state index contributed by atoms with van der Waals surface area (Å²) in [6, 6.07) is 0. The molecule has 4 heteroatoms. The first kappa shape index (κ1) is 14.3. The number of aliphatic hydroxyl groups is 3. The molecule has 0 bridgehead atoms. The number of thioether (sulfide) groups is 1. The van der Waals surface area contributed by atoms with Crippen molar-refractivity contribution >= 4 is 11.8 Å². The number of aliphatic hydroxyl groups excluding tert-OH is 3. The average molecular weight is 248 g/mol. The van der Waals surface area contributed by atoms with Gasteiger partial charge in [0.05, 0.1) is 12.7 Å². The summed E-state index contributed by atoms with van der Waals surface area (Å²) in [5.74, 6) is 1.79. The summed E-state index contributed by atoms with van der Waals surface area (Å²) in [6.07, 6.45) is 3.98. The molecule has 0 heterocycles. The summed E-state index contributed by atoms with van der Waals surface area (Å²) < 4.78 is 0. The Bertz CT molecular complexity index is 189. The van der Waals surface area contributed by atoms with Crippen LogP contribution in [0, 0.1) is 11.8 Å². The molecule has 1 fully saturated rings. The van der Waals surface area contributed by atoms with Gasteiger partial charge < -0.3 is 15.3 Å². The molecule has 4 atom stereocenters. The highest BCUT2D eigenvalue weighted by Crippen LogP contribution is 2.38. The van der Waals surface area contributed by atoms with Gasteiger partial charge in [-0.3, -0.25) is 0 Å². The molecule has 16 heavy (non-hydrogen) atoms. The van der Waals surface area contributed by atoms with Gasteiger partial charge in [0.1, 0.15) is 0 Å². The predicted molar refractivity (Wildman–Crippen MR) is 67.5 cm³/mol. The van der Waals surface area contributed by atoms with Gasteiger partial charge in [-0.15, -0.1) is 0 Å². The van der Waals surface area contributed by atoms with E-state index >= 15 is 0 Å². The Morgan fingerprint density at radius 3 is 2.56 bits per heavy atom. The summed E-state index contributed by atoms with van der Waals surface area (Å²) >= 11 is 1.77. The van der Waals surface area contributed by atoms with Gasteiger partial charge in [0.25, 0.3) is 0 Å². The van der Waals surface area contributed by atoms with E-state index in [1.54, 1.807) is 11.8 Å². The quantitative estimate of drug-likeness (QED) is 0.635. The summed E-state index contributed by atoms with van der Waals surface area (Å²) in [6.45, 7) is 2.35. The molecule has 3 N–H and O–H groups in total. The molecule has 1 saturated carbocycles. The molecule has 0 aromatic carbocycles. The average Bonchev–Trinajstić information content (AvgIpc) is 2.78. The number of rotatable bonds is 7. The maximum Gasteiger partial charge on any atom is 0.0861 e. The van der Waals surface area contributed by atoms with Gasteiger partial charge in [0.2, 0.25) is 0 Å². The van der Waals surface area contributed by atoms with Gasteiger partial charge in [-0.25, -0.2) is 0 Å².